The average molecular weight is 330 g/mol. The van der Waals surface area contributed by atoms with Crippen LogP contribution in [0.5, 0.6) is 17.2 Å². The first-order valence-electron chi connectivity index (χ1n) is 6.60. The fourth-order valence-electron chi connectivity index (χ4n) is 1.67. The third-order valence-electron chi connectivity index (χ3n) is 2.77. The molecular weight excluding hydrogens is 319 g/mol. The Morgan fingerprint density at radius 2 is 1.67 bits per heavy atom. The Balaban J connectivity index is 2.08. The lowest BCUT2D eigenvalue weighted by Gasteiger charge is -2.07. The van der Waals surface area contributed by atoms with E-state index in [2.05, 4.69) is 11.3 Å². The molecule has 0 unspecified atom stereocenters. The standard InChI is InChI=1S/C17H11FO6/c1-2-16(20)23-12-5-3-11(4-6-12)17(21)24-15-8-7-13(22-10-19)9-14(15)18/h2-10H,1H2. The summed E-state index contributed by atoms with van der Waals surface area (Å²) in [4.78, 5) is 33.2. The number of carbonyl (C=O) groups excluding carboxylic acids is 3. The predicted molar refractivity (Wildman–Crippen MR) is 80.3 cm³/mol. The van der Waals surface area contributed by atoms with Crippen LogP contribution in [0.4, 0.5) is 4.39 Å². The molecule has 0 N–H and O–H groups in total. The molecule has 0 aliphatic carbocycles. The van der Waals surface area contributed by atoms with Gasteiger partial charge in [0.1, 0.15) is 11.5 Å². The molecule has 0 atom stereocenters. The molecule has 122 valence electrons. The van der Waals surface area contributed by atoms with Crippen LogP contribution in [0.1, 0.15) is 10.4 Å². The van der Waals surface area contributed by atoms with Gasteiger partial charge in [-0.2, -0.15) is 0 Å². The zero-order valence-corrected chi connectivity index (χ0v) is 12.2. The predicted octanol–water partition coefficient (Wildman–Crippen LogP) is 2.67. The van der Waals surface area contributed by atoms with Gasteiger partial charge in [0.05, 0.1) is 5.56 Å². The van der Waals surface area contributed by atoms with Crippen molar-refractivity contribution in [3.63, 3.8) is 0 Å². The number of halogens is 1. The number of esters is 2. The second-order valence-electron chi connectivity index (χ2n) is 4.35. The van der Waals surface area contributed by atoms with E-state index in [4.69, 9.17) is 9.47 Å². The largest absolute Gasteiger partial charge is 0.429 e. The first kappa shape index (κ1) is 16.9. The SMILES string of the molecule is C=CC(=O)Oc1ccc(C(=O)Oc2ccc(OC=O)cc2F)cc1. The molecule has 0 heterocycles. The van der Waals surface area contributed by atoms with Crippen LogP contribution < -0.4 is 14.2 Å². The van der Waals surface area contributed by atoms with Crippen molar-refractivity contribution in [3.8, 4) is 17.2 Å². The number of carbonyl (C=O) groups is 3. The van der Waals surface area contributed by atoms with Crippen molar-refractivity contribution in [2.45, 2.75) is 0 Å². The molecule has 0 aliphatic rings. The quantitative estimate of drug-likeness (QED) is 0.351. The van der Waals surface area contributed by atoms with Gasteiger partial charge in [-0.25, -0.2) is 14.0 Å². The van der Waals surface area contributed by atoms with Gasteiger partial charge in [0.2, 0.25) is 0 Å². The Hall–Kier alpha value is -3.48. The summed E-state index contributed by atoms with van der Waals surface area (Å²) in [6, 6.07) is 8.83. The molecular formula is C17H11FO6. The summed E-state index contributed by atoms with van der Waals surface area (Å²) in [6.45, 7) is 3.42. The Morgan fingerprint density at radius 3 is 2.25 bits per heavy atom. The van der Waals surface area contributed by atoms with Crippen molar-refractivity contribution in [1.82, 2.24) is 0 Å². The van der Waals surface area contributed by atoms with E-state index in [-0.39, 0.29) is 29.3 Å². The first-order valence-corrected chi connectivity index (χ1v) is 6.60. The molecule has 0 aromatic heterocycles. The summed E-state index contributed by atoms with van der Waals surface area (Å²) >= 11 is 0. The summed E-state index contributed by atoms with van der Waals surface area (Å²) < 4.78 is 28.0. The van der Waals surface area contributed by atoms with E-state index in [0.717, 1.165) is 18.2 Å². The maximum Gasteiger partial charge on any atom is 0.343 e. The van der Waals surface area contributed by atoms with Crippen LogP contribution in [0.2, 0.25) is 0 Å². The monoisotopic (exact) mass is 330 g/mol. The van der Waals surface area contributed by atoms with E-state index in [1.165, 1.54) is 30.3 Å². The number of ether oxygens (including phenoxy) is 3. The zero-order valence-electron chi connectivity index (χ0n) is 12.2. The molecule has 2 aromatic carbocycles. The number of rotatable bonds is 6. The summed E-state index contributed by atoms with van der Waals surface area (Å²) in [5.41, 5.74) is 0.126. The van der Waals surface area contributed by atoms with Crippen LogP contribution in [0, 0.1) is 5.82 Å². The van der Waals surface area contributed by atoms with E-state index in [1.54, 1.807) is 0 Å². The lowest BCUT2D eigenvalue weighted by molar-refractivity contribution is -0.129. The van der Waals surface area contributed by atoms with Gasteiger partial charge in [0.15, 0.2) is 11.6 Å². The van der Waals surface area contributed by atoms with Crippen molar-refractivity contribution in [2.24, 2.45) is 0 Å². The number of benzene rings is 2. The second kappa shape index (κ2) is 7.68. The van der Waals surface area contributed by atoms with Gasteiger partial charge >= 0.3 is 11.9 Å². The van der Waals surface area contributed by atoms with Crippen LogP contribution >= 0.6 is 0 Å². The second-order valence-corrected chi connectivity index (χ2v) is 4.35. The molecule has 0 fully saturated rings. The third kappa shape index (κ3) is 4.26. The van der Waals surface area contributed by atoms with Gasteiger partial charge in [-0.1, -0.05) is 6.58 Å². The molecule has 0 saturated carbocycles. The topological polar surface area (TPSA) is 78.9 Å². The molecule has 2 aromatic rings. The molecule has 0 bridgehead atoms. The van der Waals surface area contributed by atoms with Crippen molar-refractivity contribution in [1.29, 1.82) is 0 Å². The van der Waals surface area contributed by atoms with Crippen LogP contribution in [0.3, 0.4) is 0 Å². The summed E-state index contributed by atoms with van der Waals surface area (Å²) in [7, 11) is 0. The summed E-state index contributed by atoms with van der Waals surface area (Å²) in [5, 5.41) is 0. The Labute approximate surface area is 136 Å². The molecule has 24 heavy (non-hydrogen) atoms. The third-order valence-corrected chi connectivity index (χ3v) is 2.77. The minimum atomic E-state index is -0.862. The molecule has 6 nitrogen and oxygen atoms in total. The lowest BCUT2D eigenvalue weighted by Crippen LogP contribution is -2.10. The highest BCUT2D eigenvalue weighted by Gasteiger charge is 2.13. The van der Waals surface area contributed by atoms with Crippen molar-refractivity contribution >= 4 is 18.4 Å². The maximum atomic E-state index is 13.8. The Morgan fingerprint density at radius 1 is 1.00 bits per heavy atom. The molecule has 0 radical (unpaired) electrons. The highest BCUT2D eigenvalue weighted by molar-refractivity contribution is 5.91. The molecule has 0 saturated heterocycles. The van der Waals surface area contributed by atoms with E-state index in [1.807, 2.05) is 0 Å². The lowest BCUT2D eigenvalue weighted by atomic mass is 10.2. The number of hydrogen-bond donors (Lipinski definition) is 0. The van der Waals surface area contributed by atoms with Gasteiger partial charge in [-0.15, -0.1) is 0 Å². The van der Waals surface area contributed by atoms with Gasteiger partial charge in [-0.05, 0) is 36.4 Å². The van der Waals surface area contributed by atoms with E-state index >= 15 is 0 Å². The van der Waals surface area contributed by atoms with Crippen LogP contribution in [-0.4, -0.2) is 18.4 Å². The minimum Gasteiger partial charge on any atom is -0.429 e. The highest BCUT2D eigenvalue weighted by atomic mass is 19.1. The fraction of sp³-hybridized carbons (Fsp3) is 0. The molecule has 2 rings (SSSR count). The minimum absolute atomic E-state index is 0.0179. The number of hydrogen-bond acceptors (Lipinski definition) is 6. The van der Waals surface area contributed by atoms with E-state index in [0.29, 0.717) is 0 Å². The molecule has 0 spiro atoms. The average Bonchev–Trinajstić information content (AvgIpc) is 2.58. The van der Waals surface area contributed by atoms with Crippen molar-refractivity contribution < 1.29 is 33.0 Å². The molecule has 0 amide bonds. The van der Waals surface area contributed by atoms with Crippen LogP contribution in [0.25, 0.3) is 0 Å². The van der Waals surface area contributed by atoms with Gasteiger partial charge in [-0.3, -0.25) is 4.79 Å². The first-order chi connectivity index (χ1) is 11.5. The molecule has 0 aliphatic heterocycles. The van der Waals surface area contributed by atoms with Crippen molar-refractivity contribution in [3.05, 3.63) is 66.5 Å². The Bertz CT molecular complexity index is 782. The zero-order chi connectivity index (χ0) is 17.5. The summed E-state index contributed by atoms with van der Waals surface area (Å²) in [5.74, 6) is -2.42. The van der Waals surface area contributed by atoms with Gasteiger partial charge in [0.25, 0.3) is 6.47 Å². The van der Waals surface area contributed by atoms with Crippen molar-refractivity contribution in [2.75, 3.05) is 0 Å². The van der Waals surface area contributed by atoms with Crippen LogP contribution in [0.15, 0.2) is 55.1 Å². The van der Waals surface area contributed by atoms with Crippen LogP contribution in [-0.2, 0) is 9.59 Å². The van der Waals surface area contributed by atoms with E-state index < -0.39 is 17.8 Å². The normalized spacial score (nSPS) is 9.71. The Kier molecular flexibility index (Phi) is 5.40. The fourth-order valence-corrected chi connectivity index (χ4v) is 1.67. The van der Waals surface area contributed by atoms with Gasteiger partial charge < -0.3 is 14.2 Å². The highest BCUT2D eigenvalue weighted by Crippen LogP contribution is 2.23. The summed E-state index contributed by atoms with van der Waals surface area (Å²) in [6.07, 6.45) is 1.00. The molecule has 7 heteroatoms. The maximum absolute atomic E-state index is 13.8. The van der Waals surface area contributed by atoms with Gasteiger partial charge in [0, 0.05) is 12.1 Å². The van der Waals surface area contributed by atoms with E-state index in [9.17, 15) is 18.8 Å². The smallest absolute Gasteiger partial charge is 0.343 e.